The predicted octanol–water partition coefficient (Wildman–Crippen LogP) is 0.869. The van der Waals surface area contributed by atoms with Crippen LogP contribution in [0.3, 0.4) is 0 Å². The molecule has 98 valence electrons. The Morgan fingerprint density at radius 3 is 2.41 bits per heavy atom. The number of hydrogen-bond acceptors (Lipinski definition) is 4. The van der Waals surface area contributed by atoms with Gasteiger partial charge in [0.2, 0.25) is 0 Å². The molecule has 0 aromatic carbocycles. The second-order valence-electron chi connectivity index (χ2n) is 5.67. The fourth-order valence-corrected chi connectivity index (χ4v) is 3.12. The Morgan fingerprint density at radius 1 is 1.35 bits per heavy atom. The number of methoxy groups -OCH3 is 1. The number of hydrogen-bond donors (Lipinski definition) is 1. The first-order valence-corrected chi connectivity index (χ1v) is 6.64. The predicted molar refractivity (Wildman–Crippen MR) is 66.8 cm³/mol. The first-order valence-electron chi connectivity index (χ1n) is 6.64. The Bertz CT molecular complexity index is 279. The van der Waals surface area contributed by atoms with E-state index in [1.54, 1.807) is 0 Å². The molecule has 0 atom stereocenters. The van der Waals surface area contributed by atoms with E-state index in [-0.39, 0.29) is 11.5 Å². The lowest BCUT2D eigenvalue weighted by atomic mass is 9.63. The van der Waals surface area contributed by atoms with Crippen LogP contribution < -0.4 is 5.32 Å². The van der Waals surface area contributed by atoms with Gasteiger partial charge in [0.25, 0.3) is 0 Å². The van der Waals surface area contributed by atoms with Gasteiger partial charge in [0, 0.05) is 26.2 Å². The van der Waals surface area contributed by atoms with Crippen LogP contribution in [0.25, 0.3) is 0 Å². The van der Waals surface area contributed by atoms with E-state index < -0.39 is 0 Å². The van der Waals surface area contributed by atoms with Crippen LogP contribution in [0.4, 0.5) is 0 Å². The maximum Gasteiger partial charge on any atom is 0.326 e. The molecule has 2 rings (SSSR count). The highest BCUT2D eigenvalue weighted by molar-refractivity contribution is 5.82. The molecule has 0 spiro atoms. The summed E-state index contributed by atoms with van der Waals surface area (Å²) >= 11 is 0. The maximum atomic E-state index is 12.1. The van der Waals surface area contributed by atoms with E-state index in [0.29, 0.717) is 11.8 Å². The minimum Gasteiger partial charge on any atom is -0.468 e. The monoisotopic (exact) mass is 240 g/mol. The van der Waals surface area contributed by atoms with Gasteiger partial charge >= 0.3 is 5.97 Å². The van der Waals surface area contributed by atoms with E-state index in [1.807, 2.05) is 0 Å². The fourth-order valence-electron chi connectivity index (χ4n) is 3.12. The first-order chi connectivity index (χ1) is 8.10. The molecule has 1 saturated heterocycles. The molecule has 2 fully saturated rings. The smallest absolute Gasteiger partial charge is 0.326 e. The molecular weight excluding hydrogens is 216 g/mol. The summed E-state index contributed by atoms with van der Waals surface area (Å²) in [5, 5.41) is 3.33. The Kier molecular flexibility index (Phi) is 3.73. The van der Waals surface area contributed by atoms with E-state index in [9.17, 15) is 4.79 Å². The zero-order valence-corrected chi connectivity index (χ0v) is 11.2. The highest BCUT2D eigenvalue weighted by Crippen LogP contribution is 2.46. The van der Waals surface area contributed by atoms with Crippen molar-refractivity contribution < 1.29 is 9.53 Å². The lowest BCUT2D eigenvalue weighted by Crippen LogP contribution is -2.66. The fraction of sp³-hybridized carbons (Fsp3) is 0.923. The van der Waals surface area contributed by atoms with Crippen LogP contribution in [0.5, 0.6) is 0 Å². The quantitative estimate of drug-likeness (QED) is 0.743. The summed E-state index contributed by atoms with van der Waals surface area (Å²) < 4.78 is 5.04. The number of piperazine rings is 1. The largest absolute Gasteiger partial charge is 0.468 e. The molecule has 0 unspecified atom stereocenters. The van der Waals surface area contributed by atoms with Crippen molar-refractivity contribution in [1.82, 2.24) is 10.2 Å². The molecule has 1 saturated carbocycles. The molecule has 17 heavy (non-hydrogen) atoms. The summed E-state index contributed by atoms with van der Waals surface area (Å²) in [7, 11) is 1.51. The van der Waals surface area contributed by atoms with Gasteiger partial charge in [0.1, 0.15) is 5.54 Å². The number of carbonyl (C=O) groups excluding carboxylic acids is 1. The minimum absolute atomic E-state index is 0.0312. The zero-order chi connectivity index (χ0) is 12.5. The minimum atomic E-state index is -0.314. The van der Waals surface area contributed by atoms with E-state index in [1.165, 1.54) is 7.11 Å². The van der Waals surface area contributed by atoms with Crippen molar-refractivity contribution in [3.05, 3.63) is 0 Å². The normalized spacial score (nSPS) is 34.5. The number of ether oxygens (including phenoxy) is 1. The maximum absolute atomic E-state index is 12.1. The van der Waals surface area contributed by atoms with E-state index in [0.717, 1.165) is 39.0 Å². The molecule has 4 heteroatoms. The average Bonchev–Trinajstić information content (AvgIpc) is 2.28. The van der Waals surface area contributed by atoms with Gasteiger partial charge in [-0.2, -0.15) is 0 Å². The van der Waals surface area contributed by atoms with Crippen LogP contribution in [0.1, 0.15) is 26.7 Å². The van der Waals surface area contributed by atoms with Crippen LogP contribution in [0.15, 0.2) is 0 Å². The number of rotatable bonds is 3. The lowest BCUT2D eigenvalue weighted by Gasteiger charge is -2.54. The Balaban J connectivity index is 2.07. The SMILES string of the molecule is COC(=O)C1(N2CCNCC2)CC(C(C)C)C1. The van der Waals surface area contributed by atoms with Gasteiger partial charge in [-0.05, 0) is 24.7 Å². The number of nitrogens with zero attached hydrogens (tertiary/aromatic N) is 1. The molecule has 4 nitrogen and oxygen atoms in total. The van der Waals surface area contributed by atoms with Gasteiger partial charge < -0.3 is 10.1 Å². The van der Waals surface area contributed by atoms with Gasteiger partial charge in [-0.25, -0.2) is 0 Å². The van der Waals surface area contributed by atoms with Crippen molar-refractivity contribution in [2.75, 3.05) is 33.3 Å². The second kappa shape index (κ2) is 4.94. The number of nitrogens with one attached hydrogen (secondary N) is 1. The van der Waals surface area contributed by atoms with Crippen molar-refractivity contribution in [1.29, 1.82) is 0 Å². The summed E-state index contributed by atoms with van der Waals surface area (Å²) in [6.45, 7) is 8.35. The standard InChI is InChI=1S/C13H24N2O2/c1-10(2)11-8-13(9-11,12(16)17-3)15-6-4-14-5-7-15/h10-11,14H,4-9H2,1-3H3. The van der Waals surface area contributed by atoms with Crippen molar-refractivity contribution in [3.63, 3.8) is 0 Å². The topological polar surface area (TPSA) is 41.6 Å². The highest BCUT2D eigenvalue weighted by atomic mass is 16.5. The van der Waals surface area contributed by atoms with Crippen LogP contribution in [-0.2, 0) is 9.53 Å². The van der Waals surface area contributed by atoms with Crippen molar-refractivity contribution in [3.8, 4) is 0 Å². The van der Waals surface area contributed by atoms with Gasteiger partial charge in [0.15, 0.2) is 0 Å². The third-order valence-electron chi connectivity index (χ3n) is 4.43. The second-order valence-corrected chi connectivity index (χ2v) is 5.67. The Morgan fingerprint density at radius 2 is 1.94 bits per heavy atom. The Labute approximate surface area is 104 Å². The van der Waals surface area contributed by atoms with Crippen molar-refractivity contribution in [2.45, 2.75) is 32.2 Å². The molecule has 1 aliphatic carbocycles. The summed E-state index contributed by atoms with van der Waals surface area (Å²) in [5.41, 5.74) is -0.314. The molecule has 1 N–H and O–H groups in total. The van der Waals surface area contributed by atoms with E-state index in [2.05, 4.69) is 24.1 Å². The number of esters is 1. The molecule has 2 aliphatic rings. The van der Waals surface area contributed by atoms with Gasteiger partial charge in [-0.15, -0.1) is 0 Å². The van der Waals surface area contributed by atoms with Gasteiger partial charge in [-0.3, -0.25) is 9.69 Å². The van der Waals surface area contributed by atoms with Crippen LogP contribution in [-0.4, -0.2) is 49.7 Å². The molecule has 1 heterocycles. The molecule has 1 aliphatic heterocycles. The zero-order valence-electron chi connectivity index (χ0n) is 11.2. The van der Waals surface area contributed by atoms with Gasteiger partial charge in [-0.1, -0.05) is 13.8 Å². The van der Waals surface area contributed by atoms with Gasteiger partial charge in [0.05, 0.1) is 7.11 Å². The highest BCUT2D eigenvalue weighted by Gasteiger charge is 2.55. The molecule has 0 aromatic heterocycles. The molecule has 0 amide bonds. The number of carbonyl (C=O) groups is 1. The first kappa shape index (κ1) is 12.8. The van der Waals surface area contributed by atoms with Crippen LogP contribution in [0, 0.1) is 11.8 Å². The molecular formula is C13H24N2O2. The molecule has 0 radical (unpaired) electrons. The van der Waals surface area contributed by atoms with E-state index >= 15 is 0 Å². The molecule has 0 bridgehead atoms. The third-order valence-corrected chi connectivity index (χ3v) is 4.43. The average molecular weight is 240 g/mol. The Hall–Kier alpha value is -0.610. The lowest BCUT2D eigenvalue weighted by molar-refractivity contribution is -0.169. The van der Waals surface area contributed by atoms with Crippen molar-refractivity contribution >= 4 is 5.97 Å². The van der Waals surface area contributed by atoms with Crippen LogP contribution >= 0.6 is 0 Å². The summed E-state index contributed by atoms with van der Waals surface area (Å²) in [6.07, 6.45) is 1.94. The van der Waals surface area contributed by atoms with Crippen molar-refractivity contribution in [2.24, 2.45) is 11.8 Å². The summed E-state index contributed by atoms with van der Waals surface area (Å²) in [5.74, 6) is 1.30. The molecule has 0 aromatic rings. The summed E-state index contributed by atoms with van der Waals surface area (Å²) in [4.78, 5) is 14.4. The van der Waals surface area contributed by atoms with E-state index in [4.69, 9.17) is 4.74 Å². The summed E-state index contributed by atoms with van der Waals surface area (Å²) in [6, 6.07) is 0. The van der Waals surface area contributed by atoms with Crippen LogP contribution in [0.2, 0.25) is 0 Å². The third kappa shape index (κ3) is 2.20.